The van der Waals surface area contributed by atoms with Crippen molar-refractivity contribution in [2.75, 3.05) is 19.6 Å². The molecule has 2 N–H and O–H groups in total. The topological polar surface area (TPSA) is 41.1 Å². The molecule has 118 valence electrons. The number of halogens is 1. The fourth-order valence-corrected chi connectivity index (χ4v) is 3.76. The smallest absolute Gasteiger partial charge is 0.223 e. The van der Waals surface area contributed by atoms with Crippen molar-refractivity contribution < 1.29 is 4.79 Å². The Labute approximate surface area is 130 Å². The number of amides is 1. The third-order valence-corrected chi connectivity index (χ3v) is 5.08. The molecule has 3 nitrogen and oxygen atoms in total. The molecule has 4 heteroatoms. The van der Waals surface area contributed by atoms with E-state index in [1.54, 1.807) is 0 Å². The Balaban J connectivity index is 0.00000200. The maximum Gasteiger partial charge on any atom is 0.223 e. The molecule has 1 saturated heterocycles. The van der Waals surface area contributed by atoms with Crippen LogP contribution in [-0.2, 0) is 4.79 Å². The van der Waals surface area contributed by atoms with Crippen LogP contribution in [0.25, 0.3) is 0 Å². The minimum atomic E-state index is 0. The van der Waals surface area contributed by atoms with Gasteiger partial charge in [0.25, 0.3) is 0 Å². The standard InChI is InChI=1S/C16H30N2O.ClH/c1-12(2)8-16(6-4-5-7-16)11-18-15(19)13(3)14-9-17-10-14;/h12-14,17H,4-11H2,1-3H3,(H,18,19);1H. The van der Waals surface area contributed by atoms with E-state index in [0.29, 0.717) is 11.3 Å². The van der Waals surface area contributed by atoms with Gasteiger partial charge in [-0.25, -0.2) is 0 Å². The summed E-state index contributed by atoms with van der Waals surface area (Å²) in [6, 6.07) is 0. The highest BCUT2D eigenvalue weighted by Gasteiger charge is 2.36. The summed E-state index contributed by atoms with van der Waals surface area (Å²) in [6.45, 7) is 9.58. The van der Waals surface area contributed by atoms with E-state index >= 15 is 0 Å². The summed E-state index contributed by atoms with van der Waals surface area (Å²) in [7, 11) is 0. The van der Waals surface area contributed by atoms with Gasteiger partial charge >= 0.3 is 0 Å². The summed E-state index contributed by atoms with van der Waals surface area (Å²) in [5, 5.41) is 6.50. The Morgan fingerprint density at radius 1 is 1.25 bits per heavy atom. The first-order valence-corrected chi connectivity index (χ1v) is 8.01. The molecule has 2 fully saturated rings. The van der Waals surface area contributed by atoms with Gasteiger partial charge in [-0.3, -0.25) is 4.79 Å². The predicted molar refractivity (Wildman–Crippen MR) is 86.1 cm³/mol. The molecule has 0 aromatic rings. The third-order valence-electron chi connectivity index (χ3n) is 5.08. The van der Waals surface area contributed by atoms with E-state index < -0.39 is 0 Å². The van der Waals surface area contributed by atoms with Crippen LogP contribution in [0.5, 0.6) is 0 Å². The lowest BCUT2D eigenvalue weighted by Crippen LogP contribution is -2.50. The van der Waals surface area contributed by atoms with Crippen molar-refractivity contribution in [2.45, 2.75) is 52.9 Å². The quantitative estimate of drug-likeness (QED) is 0.792. The van der Waals surface area contributed by atoms with E-state index in [2.05, 4.69) is 31.4 Å². The zero-order chi connectivity index (χ0) is 13.9. The molecule has 0 bridgehead atoms. The van der Waals surface area contributed by atoms with Crippen molar-refractivity contribution in [2.24, 2.45) is 23.2 Å². The summed E-state index contributed by atoms with van der Waals surface area (Å²) in [4.78, 5) is 12.2. The number of carbonyl (C=O) groups is 1. The van der Waals surface area contributed by atoms with Crippen molar-refractivity contribution in [1.29, 1.82) is 0 Å². The molecule has 1 unspecified atom stereocenters. The van der Waals surface area contributed by atoms with Crippen LogP contribution in [-0.4, -0.2) is 25.5 Å². The molecule has 0 aromatic carbocycles. The van der Waals surface area contributed by atoms with Gasteiger partial charge in [0.1, 0.15) is 0 Å². The molecule has 2 rings (SSSR count). The Kier molecular flexibility index (Phi) is 6.80. The maximum absolute atomic E-state index is 12.2. The summed E-state index contributed by atoms with van der Waals surface area (Å²) in [5.41, 5.74) is 0.390. The molecule has 1 heterocycles. The van der Waals surface area contributed by atoms with Crippen LogP contribution in [0.4, 0.5) is 0 Å². The average molecular weight is 303 g/mol. The minimum Gasteiger partial charge on any atom is -0.355 e. The van der Waals surface area contributed by atoms with E-state index in [9.17, 15) is 4.79 Å². The number of hydrogen-bond donors (Lipinski definition) is 2. The van der Waals surface area contributed by atoms with Crippen LogP contribution in [0, 0.1) is 23.2 Å². The van der Waals surface area contributed by atoms with Gasteiger partial charge in [-0.05, 0) is 49.6 Å². The zero-order valence-electron chi connectivity index (χ0n) is 13.2. The summed E-state index contributed by atoms with van der Waals surface area (Å²) in [5.74, 6) is 1.70. The van der Waals surface area contributed by atoms with E-state index in [1.807, 2.05) is 0 Å². The van der Waals surface area contributed by atoms with Gasteiger partial charge in [-0.1, -0.05) is 33.6 Å². The van der Waals surface area contributed by atoms with Crippen LogP contribution in [0.3, 0.4) is 0 Å². The Morgan fingerprint density at radius 3 is 2.30 bits per heavy atom. The number of nitrogens with one attached hydrogen (secondary N) is 2. The molecule has 1 saturated carbocycles. The van der Waals surface area contributed by atoms with Gasteiger partial charge in [-0.2, -0.15) is 0 Å². The summed E-state index contributed by atoms with van der Waals surface area (Å²) in [6.07, 6.45) is 6.53. The predicted octanol–water partition coefficient (Wildman–Crippen LogP) is 2.99. The van der Waals surface area contributed by atoms with Crippen LogP contribution < -0.4 is 10.6 Å². The molecular weight excluding hydrogens is 272 g/mol. The first kappa shape index (κ1) is 17.8. The Hall–Kier alpha value is -0.280. The highest BCUT2D eigenvalue weighted by molar-refractivity contribution is 5.85. The van der Waals surface area contributed by atoms with Crippen molar-refractivity contribution in [3.05, 3.63) is 0 Å². The first-order valence-electron chi connectivity index (χ1n) is 8.01. The maximum atomic E-state index is 12.2. The van der Waals surface area contributed by atoms with Crippen LogP contribution in [0.2, 0.25) is 0 Å². The average Bonchev–Trinajstić information content (AvgIpc) is 2.71. The molecule has 1 aliphatic heterocycles. The zero-order valence-corrected chi connectivity index (χ0v) is 14.0. The second-order valence-corrected chi connectivity index (χ2v) is 7.23. The largest absolute Gasteiger partial charge is 0.355 e. The molecule has 0 spiro atoms. The van der Waals surface area contributed by atoms with Crippen molar-refractivity contribution in [1.82, 2.24) is 10.6 Å². The van der Waals surface area contributed by atoms with Gasteiger partial charge in [0.2, 0.25) is 5.91 Å². The van der Waals surface area contributed by atoms with Gasteiger partial charge in [-0.15, -0.1) is 12.4 Å². The van der Waals surface area contributed by atoms with E-state index in [0.717, 1.165) is 25.6 Å². The van der Waals surface area contributed by atoms with E-state index in [4.69, 9.17) is 0 Å². The monoisotopic (exact) mass is 302 g/mol. The fourth-order valence-electron chi connectivity index (χ4n) is 3.76. The van der Waals surface area contributed by atoms with E-state index in [1.165, 1.54) is 32.1 Å². The summed E-state index contributed by atoms with van der Waals surface area (Å²) >= 11 is 0. The van der Waals surface area contributed by atoms with Crippen molar-refractivity contribution >= 4 is 18.3 Å². The molecule has 1 amide bonds. The highest BCUT2D eigenvalue weighted by atomic mass is 35.5. The van der Waals surface area contributed by atoms with Crippen molar-refractivity contribution in [3.8, 4) is 0 Å². The molecule has 20 heavy (non-hydrogen) atoms. The van der Waals surface area contributed by atoms with Crippen LogP contribution in [0.1, 0.15) is 52.9 Å². The number of carbonyl (C=O) groups excluding carboxylic acids is 1. The fraction of sp³-hybridized carbons (Fsp3) is 0.938. The van der Waals surface area contributed by atoms with Crippen LogP contribution in [0.15, 0.2) is 0 Å². The molecular formula is C16H31ClN2O. The van der Waals surface area contributed by atoms with Gasteiger partial charge < -0.3 is 10.6 Å². The minimum absolute atomic E-state index is 0. The molecule has 0 radical (unpaired) electrons. The second kappa shape index (κ2) is 7.65. The number of rotatable bonds is 6. The molecule has 1 aliphatic carbocycles. The van der Waals surface area contributed by atoms with Crippen LogP contribution >= 0.6 is 12.4 Å². The lowest BCUT2D eigenvalue weighted by molar-refractivity contribution is -0.127. The van der Waals surface area contributed by atoms with E-state index in [-0.39, 0.29) is 24.2 Å². The molecule has 0 aromatic heterocycles. The van der Waals surface area contributed by atoms with Gasteiger partial charge in [0, 0.05) is 12.5 Å². The second-order valence-electron chi connectivity index (χ2n) is 7.23. The Bertz CT molecular complexity index is 310. The first-order chi connectivity index (χ1) is 9.02. The SMILES string of the molecule is CC(C)CC1(CNC(=O)C(C)C2CNC2)CCCC1.Cl. The third kappa shape index (κ3) is 4.36. The lowest BCUT2D eigenvalue weighted by atomic mass is 9.78. The van der Waals surface area contributed by atoms with Crippen molar-refractivity contribution in [3.63, 3.8) is 0 Å². The van der Waals surface area contributed by atoms with Gasteiger partial charge in [0.05, 0.1) is 0 Å². The normalized spacial score (nSPS) is 23.0. The van der Waals surface area contributed by atoms with Gasteiger partial charge in [0.15, 0.2) is 0 Å². The highest BCUT2D eigenvalue weighted by Crippen LogP contribution is 2.42. The summed E-state index contributed by atoms with van der Waals surface area (Å²) < 4.78 is 0. The molecule has 2 aliphatic rings. The lowest BCUT2D eigenvalue weighted by Gasteiger charge is -2.34. The number of hydrogen-bond acceptors (Lipinski definition) is 2. The molecule has 1 atom stereocenters. The Morgan fingerprint density at radius 2 is 1.85 bits per heavy atom.